The van der Waals surface area contributed by atoms with Crippen LogP contribution >= 0.6 is 0 Å². The van der Waals surface area contributed by atoms with E-state index in [1.165, 1.54) is 12.5 Å². The Morgan fingerprint density at radius 1 is 1.36 bits per heavy atom. The molecular formula is C14H23N3O4S. The molecular weight excluding hydrogens is 306 g/mol. The number of aliphatic carboxylic acids is 1. The molecule has 0 radical (unpaired) electrons. The van der Waals surface area contributed by atoms with E-state index in [9.17, 15) is 18.3 Å². The van der Waals surface area contributed by atoms with Crippen LogP contribution in [0.3, 0.4) is 0 Å². The molecule has 124 valence electrons. The molecule has 0 unspecified atom stereocenters. The van der Waals surface area contributed by atoms with Crippen LogP contribution in [0, 0.1) is 5.92 Å². The van der Waals surface area contributed by atoms with Crippen molar-refractivity contribution in [2.75, 3.05) is 0 Å². The number of nitrogens with zero attached hydrogens (tertiary/aromatic N) is 2. The predicted molar refractivity (Wildman–Crippen MR) is 80.9 cm³/mol. The van der Waals surface area contributed by atoms with Gasteiger partial charge in [-0.25, -0.2) is 18.1 Å². The van der Waals surface area contributed by atoms with E-state index in [1.54, 1.807) is 4.57 Å². The summed E-state index contributed by atoms with van der Waals surface area (Å²) in [5.41, 5.74) is 0. The molecule has 1 saturated carbocycles. The molecule has 2 atom stereocenters. The van der Waals surface area contributed by atoms with E-state index in [4.69, 9.17) is 0 Å². The number of sulfonamides is 1. The third-order valence-electron chi connectivity index (χ3n) is 4.09. The predicted octanol–water partition coefficient (Wildman–Crippen LogP) is 1.78. The number of carbonyl (C=O) groups is 1. The first-order valence-electron chi connectivity index (χ1n) is 7.60. The maximum absolute atomic E-state index is 12.4. The second-order valence-corrected chi connectivity index (χ2v) is 7.72. The Morgan fingerprint density at radius 3 is 2.64 bits per heavy atom. The molecule has 1 aromatic heterocycles. The summed E-state index contributed by atoms with van der Waals surface area (Å²) >= 11 is 0. The number of carboxylic acid groups (broad SMARTS) is 1. The van der Waals surface area contributed by atoms with Crippen LogP contribution in [0.1, 0.15) is 52.0 Å². The molecule has 1 heterocycles. The van der Waals surface area contributed by atoms with Crippen molar-refractivity contribution in [2.45, 2.75) is 63.1 Å². The standard InChI is InChI=1S/C14H23N3O4S/c1-10(2)17-8-13(15-9-17)22(20,21)16-12-7-5-3-4-6-11(12)14(18)19/h8-12,16H,3-7H2,1-2H3,(H,18,19)/t11-,12+/m0/s1. The minimum atomic E-state index is -3.80. The van der Waals surface area contributed by atoms with Gasteiger partial charge in [-0.05, 0) is 26.7 Å². The number of nitrogens with one attached hydrogen (secondary N) is 1. The Bertz CT molecular complexity index is 624. The summed E-state index contributed by atoms with van der Waals surface area (Å²) in [6.45, 7) is 3.86. The fraction of sp³-hybridized carbons (Fsp3) is 0.714. The quantitative estimate of drug-likeness (QED) is 0.802. The average molecular weight is 329 g/mol. The highest BCUT2D eigenvalue weighted by molar-refractivity contribution is 7.89. The molecule has 1 aliphatic carbocycles. The van der Waals surface area contributed by atoms with Crippen molar-refractivity contribution in [2.24, 2.45) is 5.92 Å². The van der Waals surface area contributed by atoms with Gasteiger partial charge < -0.3 is 9.67 Å². The van der Waals surface area contributed by atoms with Crippen molar-refractivity contribution in [1.82, 2.24) is 14.3 Å². The lowest BCUT2D eigenvalue weighted by Gasteiger charge is -2.22. The van der Waals surface area contributed by atoms with E-state index in [2.05, 4.69) is 9.71 Å². The molecule has 0 aliphatic heterocycles. The molecule has 1 fully saturated rings. The summed E-state index contributed by atoms with van der Waals surface area (Å²) < 4.78 is 29.1. The zero-order chi connectivity index (χ0) is 16.3. The number of hydrogen-bond acceptors (Lipinski definition) is 4. The lowest BCUT2D eigenvalue weighted by molar-refractivity contribution is -0.142. The van der Waals surface area contributed by atoms with Gasteiger partial charge in [-0.3, -0.25) is 4.79 Å². The van der Waals surface area contributed by atoms with Gasteiger partial charge in [0.2, 0.25) is 0 Å². The van der Waals surface area contributed by atoms with Gasteiger partial charge in [0, 0.05) is 18.3 Å². The first kappa shape index (κ1) is 17.0. The summed E-state index contributed by atoms with van der Waals surface area (Å²) in [5, 5.41) is 9.26. The van der Waals surface area contributed by atoms with Crippen molar-refractivity contribution in [1.29, 1.82) is 0 Å². The second-order valence-electron chi connectivity index (χ2n) is 6.06. The zero-order valence-electron chi connectivity index (χ0n) is 12.9. The monoisotopic (exact) mass is 329 g/mol. The van der Waals surface area contributed by atoms with Crippen molar-refractivity contribution >= 4 is 16.0 Å². The van der Waals surface area contributed by atoms with E-state index >= 15 is 0 Å². The van der Waals surface area contributed by atoms with Crippen LogP contribution in [-0.2, 0) is 14.8 Å². The average Bonchev–Trinajstić information content (AvgIpc) is 2.82. The van der Waals surface area contributed by atoms with Gasteiger partial charge >= 0.3 is 5.97 Å². The maximum Gasteiger partial charge on any atom is 0.308 e. The number of imidazole rings is 1. The van der Waals surface area contributed by atoms with Crippen LogP contribution in [0.2, 0.25) is 0 Å². The lowest BCUT2D eigenvalue weighted by atomic mass is 9.96. The highest BCUT2D eigenvalue weighted by atomic mass is 32.2. The SMILES string of the molecule is CC(C)n1cnc(S(=O)(=O)N[C@@H]2CCCCC[C@@H]2C(=O)O)c1. The minimum absolute atomic E-state index is 0.0606. The first-order valence-corrected chi connectivity index (χ1v) is 9.08. The van der Waals surface area contributed by atoms with Crippen LogP contribution in [-0.4, -0.2) is 35.1 Å². The number of hydrogen-bond donors (Lipinski definition) is 2. The largest absolute Gasteiger partial charge is 0.481 e. The first-order chi connectivity index (χ1) is 10.3. The Balaban J connectivity index is 2.19. The van der Waals surface area contributed by atoms with Crippen molar-refractivity contribution < 1.29 is 18.3 Å². The lowest BCUT2D eigenvalue weighted by Crippen LogP contribution is -2.42. The van der Waals surface area contributed by atoms with E-state index < -0.39 is 28.0 Å². The maximum atomic E-state index is 12.4. The Morgan fingerprint density at radius 2 is 2.05 bits per heavy atom. The third-order valence-corrected chi connectivity index (χ3v) is 5.46. The molecule has 0 amide bonds. The summed E-state index contributed by atoms with van der Waals surface area (Å²) in [4.78, 5) is 15.3. The second kappa shape index (κ2) is 6.78. The smallest absolute Gasteiger partial charge is 0.308 e. The highest BCUT2D eigenvalue weighted by Gasteiger charge is 2.33. The van der Waals surface area contributed by atoms with E-state index in [1.807, 2.05) is 13.8 Å². The Kier molecular flexibility index (Phi) is 5.23. The van der Waals surface area contributed by atoms with E-state index in [0.29, 0.717) is 12.8 Å². The van der Waals surface area contributed by atoms with E-state index in [0.717, 1.165) is 19.3 Å². The van der Waals surface area contributed by atoms with Crippen molar-refractivity contribution in [3.63, 3.8) is 0 Å². The van der Waals surface area contributed by atoms with Crippen molar-refractivity contribution in [3.05, 3.63) is 12.5 Å². The molecule has 0 bridgehead atoms. The fourth-order valence-electron chi connectivity index (χ4n) is 2.74. The van der Waals surface area contributed by atoms with Gasteiger partial charge in [0.05, 0.1) is 12.2 Å². The number of rotatable bonds is 5. The molecule has 0 aromatic carbocycles. The van der Waals surface area contributed by atoms with Gasteiger partial charge in [0.25, 0.3) is 10.0 Å². The van der Waals surface area contributed by atoms with Crippen LogP contribution in [0.5, 0.6) is 0 Å². The zero-order valence-corrected chi connectivity index (χ0v) is 13.7. The topological polar surface area (TPSA) is 101 Å². The molecule has 1 aromatic rings. The minimum Gasteiger partial charge on any atom is -0.481 e. The summed E-state index contributed by atoms with van der Waals surface area (Å²) in [5.74, 6) is -1.62. The van der Waals surface area contributed by atoms with Crippen molar-refractivity contribution in [3.8, 4) is 0 Å². The normalized spacial score (nSPS) is 23.4. The van der Waals surface area contributed by atoms with Gasteiger partial charge in [-0.15, -0.1) is 0 Å². The molecule has 8 heteroatoms. The number of aromatic nitrogens is 2. The molecule has 2 rings (SSSR count). The highest BCUT2D eigenvalue weighted by Crippen LogP contribution is 2.25. The Labute approximate surface area is 130 Å². The molecule has 0 saturated heterocycles. The molecule has 0 spiro atoms. The van der Waals surface area contributed by atoms with Gasteiger partial charge in [-0.1, -0.05) is 19.3 Å². The van der Waals surface area contributed by atoms with Crippen LogP contribution in [0.4, 0.5) is 0 Å². The van der Waals surface area contributed by atoms with Crippen LogP contribution < -0.4 is 4.72 Å². The summed E-state index contributed by atoms with van der Waals surface area (Å²) in [6.07, 6.45) is 6.57. The molecule has 2 N–H and O–H groups in total. The third kappa shape index (κ3) is 3.86. The van der Waals surface area contributed by atoms with Gasteiger partial charge in [0.15, 0.2) is 5.03 Å². The van der Waals surface area contributed by atoms with Gasteiger partial charge in [0.1, 0.15) is 0 Å². The Hall–Kier alpha value is -1.41. The van der Waals surface area contributed by atoms with Crippen LogP contribution in [0.15, 0.2) is 17.6 Å². The summed E-state index contributed by atoms with van der Waals surface area (Å²) in [7, 11) is -3.80. The van der Waals surface area contributed by atoms with Crippen LogP contribution in [0.25, 0.3) is 0 Å². The fourth-order valence-corrected chi connectivity index (χ4v) is 3.99. The molecule has 7 nitrogen and oxygen atoms in total. The van der Waals surface area contributed by atoms with Gasteiger partial charge in [-0.2, -0.15) is 0 Å². The summed E-state index contributed by atoms with van der Waals surface area (Å²) in [6, 6.07) is -0.463. The molecule has 22 heavy (non-hydrogen) atoms. The van der Waals surface area contributed by atoms with E-state index in [-0.39, 0.29) is 11.1 Å². The molecule has 1 aliphatic rings. The number of carboxylic acids is 1.